The molecule has 1 fully saturated rings. The molecule has 0 aliphatic carbocycles. The number of hydrogen-bond donors (Lipinski definition) is 3. The highest BCUT2D eigenvalue weighted by Crippen LogP contribution is 2.36. The van der Waals surface area contributed by atoms with Crippen LogP contribution in [-0.2, 0) is 17.8 Å². The van der Waals surface area contributed by atoms with E-state index in [1.807, 2.05) is 12.4 Å². The van der Waals surface area contributed by atoms with Gasteiger partial charge in [0.25, 0.3) is 5.91 Å². The molecule has 178 valence electrons. The number of amides is 1. The first kappa shape index (κ1) is 21.9. The molecule has 7 nitrogen and oxygen atoms in total. The average molecular weight is 468 g/mol. The van der Waals surface area contributed by atoms with Crippen LogP contribution in [0.4, 0.5) is 0 Å². The van der Waals surface area contributed by atoms with E-state index in [2.05, 4.69) is 45.4 Å². The van der Waals surface area contributed by atoms with Crippen LogP contribution < -0.4 is 5.32 Å². The van der Waals surface area contributed by atoms with Crippen LogP contribution in [0.2, 0.25) is 0 Å². The van der Waals surface area contributed by atoms with Gasteiger partial charge >= 0.3 is 0 Å². The highest BCUT2D eigenvalue weighted by Gasteiger charge is 2.31. The van der Waals surface area contributed by atoms with Crippen LogP contribution in [0.5, 0.6) is 0 Å². The number of benzene rings is 1. The number of carbonyl (C=O) groups is 1. The Morgan fingerprint density at radius 3 is 2.94 bits per heavy atom. The number of aliphatic hydroxyl groups excluding tert-OH is 1. The van der Waals surface area contributed by atoms with E-state index in [1.165, 1.54) is 22.3 Å². The predicted molar refractivity (Wildman–Crippen MR) is 135 cm³/mol. The van der Waals surface area contributed by atoms with Crippen molar-refractivity contribution in [1.82, 2.24) is 25.2 Å². The second-order valence-electron chi connectivity index (χ2n) is 9.64. The summed E-state index contributed by atoms with van der Waals surface area (Å²) in [5, 5.41) is 15.5. The lowest BCUT2D eigenvalue weighted by Crippen LogP contribution is -2.39. The standard InChI is InChI=1S/C28H29N5O2/c1-17-13-31-27-22(17)12-21(15-32-27)20-10-18-6-9-33(28(35)26(34)19-4-2-7-29-14-19)16-24(18)23(11-20)25-5-3-8-30-25/h2,4,7,10-15,25-26,30,34H,3,5-6,8-9,16H2,1H3,(H,31,32)/t25-,26-/m0/s1. The Balaban J connectivity index is 1.36. The van der Waals surface area contributed by atoms with Gasteiger partial charge in [0.1, 0.15) is 5.65 Å². The summed E-state index contributed by atoms with van der Waals surface area (Å²) in [6, 6.07) is 10.5. The van der Waals surface area contributed by atoms with E-state index in [-0.39, 0.29) is 11.9 Å². The van der Waals surface area contributed by atoms with Gasteiger partial charge in [-0.2, -0.15) is 0 Å². The first-order valence-corrected chi connectivity index (χ1v) is 12.3. The first-order chi connectivity index (χ1) is 17.1. The largest absolute Gasteiger partial charge is 0.378 e. The number of fused-ring (bicyclic) bond motifs is 2. The van der Waals surface area contributed by atoms with E-state index in [9.17, 15) is 9.90 Å². The molecule has 0 saturated carbocycles. The third kappa shape index (κ3) is 4.00. The van der Waals surface area contributed by atoms with E-state index in [4.69, 9.17) is 0 Å². The van der Waals surface area contributed by atoms with Crippen molar-refractivity contribution < 1.29 is 9.90 Å². The van der Waals surface area contributed by atoms with Gasteiger partial charge in [-0.3, -0.25) is 9.78 Å². The van der Waals surface area contributed by atoms with E-state index >= 15 is 0 Å². The third-order valence-corrected chi connectivity index (χ3v) is 7.43. The van der Waals surface area contributed by atoms with Crippen molar-refractivity contribution in [2.45, 2.75) is 44.9 Å². The maximum Gasteiger partial charge on any atom is 0.256 e. The molecule has 7 heteroatoms. The van der Waals surface area contributed by atoms with Gasteiger partial charge in [0, 0.05) is 60.4 Å². The molecule has 3 N–H and O–H groups in total. The van der Waals surface area contributed by atoms with Gasteiger partial charge in [-0.1, -0.05) is 12.1 Å². The van der Waals surface area contributed by atoms with Crippen molar-refractivity contribution in [2.24, 2.45) is 0 Å². The predicted octanol–water partition coefficient (Wildman–Crippen LogP) is 3.98. The molecule has 1 saturated heterocycles. The highest BCUT2D eigenvalue weighted by molar-refractivity contribution is 5.85. The molecule has 0 unspecified atom stereocenters. The van der Waals surface area contributed by atoms with Crippen LogP contribution >= 0.6 is 0 Å². The van der Waals surface area contributed by atoms with Crippen LogP contribution in [0.3, 0.4) is 0 Å². The Morgan fingerprint density at radius 1 is 1.23 bits per heavy atom. The van der Waals surface area contributed by atoms with E-state index in [0.717, 1.165) is 48.0 Å². The van der Waals surface area contributed by atoms with Crippen LogP contribution in [0.1, 0.15) is 52.8 Å². The average Bonchev–Trinajstić information content (AvgIpc) is 3.57. The van der Waals surface area contributed by atoms with Gasteiger partial charge in [-0.25, -0.2) is 4.98 Å². The second-order valence-corrected chi connectivity index (χ2v) is 9.64. The number of carbonyl (C=O) groups excluding carboxylic acids is 1. The first-order valence-electron chi connectivity index (χ1n) is 12.3. The molecule has 1 amide bonds. The molecular weight excluding hydrogens is 438 g/mol. The van der Waals surface area contributed by atoms with Gasteiger partial charge in [0.05, 0.1) is 0 Å². The lowest BCUT2D eigenvalue weighted by Gasteiger charge is -2.33. The molecule has 2 aliphatic heterocycles. The number of aliphatic hydroxyl groups is 1. The van der Waals surface area contributed by atoms with Gasteiger partial charge in [-0.05, 0) is 78.7 Å². The van der Waals surface area contributed by atoms with Crippen LogP contribution in [0, 0.1) is 6.92 Å². The van der Waals surface area contributed by atoms with Crippen molar-refractivity contribution in [2.75, 3.05) is 13.1 Å². The summed E-state index contributed by atoms with van der Waals surface area (Å²) < 4.78 is 0. The summed E-state index contributed by atoms with van der Waals surface area (Å²) in [7, 11) is 0. The number of aromatic nitrogens is 3. The molecule has 4 aromatic rings. The van der Waals surface area contributed by atoms with Gasteiger partial charge < -0.3 is 20.3 Å². The molecule has 3 aromatic heterocycles. The molecule has 2 aliphatic rings. The molecule has 2 atom stereocenters. The molecule has 0 spiro atoms. The second kappa shape index (κ2) is 8.91. The van der Waals surface area contributed by atoms with Crippen molar-refractivity contribution in [3.05, 3.63) is 82.9 Å². The number of rotatable bonds is 4. The zero-order valence-corrected chi connectivity index (χ0v) is 19.8. The number of aryl methyl sites for hydroxylation is 1. The van der Waals surface area contributed by atoms with Crippen LogP contribution in [0.25, 0.3) is 22.2 Å². The monoisotopic (exact) mass is 467 g/mol. The summed E-state index contributed by atoms with van der Waals surface area (Å²) in [4.78, 5) is 26.9. The molecule has 1 aromatic carbocycles. The van der Waals surface area contributed by atoms with Gasteiger partial charge in [-0.15, -0.1) is 0 Å². The minimum absolute atomic E-state index is 0.268. The van der Waals surface area contributed by atoms with Crippen LogP contribution in [0.15, 0.2) is 55.1 Å². The van der Waals surface area contributed by atoms with E-state index in [0.29, 0.717) is 18.7 Å². The SMILES string of the molecule is Cc1c[nH]c2ncc(-c3cc4c(c([C@@H]5CCCN5)c3)CN(C(=O)[C@@H](O)c3cccnc3)CC4)cc12. The minimum atomic E-state index is -1.19. The fourth-order valence-electron chi connectivity index (χ4n) is 5.46. The Labute approximate surface area is 204 Å². The molecule has 35 heavy (non-hydrogen) atoms. The quantitative estimate of drug-likeness (QED) is 0.422. The summed E-state index contributed by atoms with van der Waals surface area (Å²) in [5.74, 6) is -0.268. The zero-order chi connectivity index (χ0) is 23.9. The summed E-state index contributed by atoms with van der Waals surface area (Å²) in [6.45, 7) is 4.19. The lowest BCUT2D eigenvalue weighted by molar-refractivity contribution is -0.141. The number of H-pyrrole nitrogens is 1. The molecule has 0 radical (unpaired) electrons. The summed E-state index contributed by atoms with van der Waals surface area (Å²) in [5.41, 5.74) is 8.63. The lowest BCUT2D eigenvalue weighted by atomic mass is 9.87. The molecule has 5 heterocycles. The number of nitrogens with one attached hydrogen (secondary N) is 2. The fraction of sp³-hybridized carbons (Fsp3) is 0.321. The summed E-state index contributed by atoms with van der Waals surface area (Å²) >= 11 is 0. The molecule has 6 rings (SSSR count). The van der Waals surface area contributed by atoms with Gasteiger partial charge in [0.2, 0.25) is 0 Å². The number of aromatic amines is 1. The number of nitrogens with zero attached hydrogens (tertiary/aromatic N) is 3. The van der Waals surface area contributed by atoms with Gasteiger partial charge in [0.15, 0.2) is 6.10 Å². The summed E-state index contributed by atoms with van der Waals surface area (Å²) in [6.07, 6.45) is 8.91. The number of pyridine rings is 2. The van der Waals surface area contributed by atoms with Crippen LogP contribution in [-0.4, -0.2) is 44.0 Å². The maximum absolute atomic E-state index is 13.2. The highest BCUT2D eigenvalue weighted by atomic mass is 16.3. The van der Waals surface area contributed by atoms with Crippen molar-refractivity contribution >= 4 is 16.9 Å². The zero-order valence-electron chi connectivity index (χ0n) is 19.8. The Morgan fingerprint density at radius 2 is 2.14 bits per heavy atom. The van der Waals surface area contributed by atoms with E-state index in [1.54, 1.807) is 29.4 Å². The Bertz CT molecular complexity index is 1390. The maximum atomic E-state index is 13.2. The molecule has 0 bridgehead atoms. The van der Waals surface area contributed by atoms with Crippen molar-refractivity contribution in [1.29, 1.82) is 0 Å². The normalized spacial score (nSPS) is 18.6. The van der Waals surface area contributed by atoms with E-state index < -0.39 is 6.10 Å². The Hall–Kier alpha value is -3.55. The molecular formula is C28H29N5O2. The Kier molecular flexibility index (Phi) is 5.59. The fourth-order valence-corrected chi connectivity index (χ4v) is 5.46. The topological polar surface area (TPSA) is 94.1 Å². The smallest absolute Gasteiger partial charge is 0.256 e. The minimum Gasteiger partial charge on any atom is -0.378 e. The van der Waals surface area contributed by atoms with Crippen molar-refractivity contribution in [3.63, 3.8) is 0 Å². The number of hydrogen-bond acceptors (Lipinski definition) is 5. The third-order valence-electron chi connectivity index (χ3n) is 7.43. The van der Waals surface area contributed by atoms with Crippen molar-refractivity contribution in [3.8, 4) is 11.1 Å².